The second-order valence-corrected chi connectivity index (χ2v) is 5.86. The molecule has 26 heavy (non-hydrogen) atoms. The first-order valence-electron chi connectivity index (χ1n) is 8.32. The molecule has 7 heteroatoms. The maximum absolute atomic E-state index is 12.2. The molecule has 2 aromatic carbocycles. The highest BCUT2D eigenvalue weighted by Crippen LogP contribution is 2.34. The van der Waals surface area contributed by atoms with E-state index < -0.39 is 12.1 Å². The van der Waals surface area contributed by atoms with E-state index in [-0.39, 0.29) is 6.54 Å². The number of hydrogen-bond donors (Lipinski definition) is 3. The first kappa shape index (κ1) is 17.9. The minimum absolute atomic E-state index is 0.0811. The van der Waals surface area contributed by atoms with Crippen molar-refractivity contribution in [3.63, 3.8) is 0 Å². The smallest absolute Gasteiger partial charge is 0.319 e. The van der Waals surface area contributed by atoms with E-state index >= 15 is 0 Å². The van der Waals surface area contributed by atoms with Gasteiger partial charge in [-0.25, -0.2) is 4.79 Å². The third-order valence-corrected chi connectivity index (χ3v) is 4.21. The van der Waals surface area contributed by atoms with E-state index in [0.717, 1.165) is 23.3 Å². The lowest BCUT2D eigenvalue weighted by Crippen LogP contribution is -2.32. The topological polar surface area (TPSA) is 89.1 Å². The van der Waals surface area contributed by atoms with Crippen LogP contribution in [0.4, 0.5) is 10.5 Å². The summed E-state index contributed by atoms with van der Waals surface area (Å²) < 4.78 is 15.9. The van der Waals surface area contributed by atoms with Gasteiger partial charge in [-0.3, -0.25) is 0 Å². The van der Waals surface area contributed by atoms with Crippen LogP contribution >= 0.6 is 0 Å². The standard InChI is InChI=1S/C19H22N2O5/c1-24-17-5-3-4-14(18(17)25-2)21-19(23)20-11-15(22)12-6-7-16-13(10-12)8-9-26-16/h3-7,10,15,22H,8-9,11H2,1-2H3,(H2,20,21,23)/t15-/m1/s1. The zero-order valence-corrected chi connectivity index (χ0v) is 14.7. The molecule has 0 radical (unpaired) electrons. The lowest BCUT2D eigenvalue weighted by atomic mass is 10.0. The van der Waals surface area contributed by atoms with E-state index in [2.05, 4.69) is 10.6 Å². The summed E-state index contributed by atoms with van der Waals surface area (Å²) in [6.45, 7) is 0.746. The Balaban J connectivity index is 1.59. The van der Waals surface area contributed by atoms with Crippen molar-refractivity contribution in [2.75, 3.05) is 32.7 Å². The number of nitrogens with one attached hydrogen (secondary N) is 2. The second kappa shape index (κ2) is 7.97. The number of aliphatic hydroxyl groups is 1. The fraction of sp³-hybridized carbons (Fsp3) is 0.316. The molecule has 3 rings (SSSR count). The van der Waals surface area contributed by atoms with Gasteiger partial charge in [0.05, 0.1) is 32.6 Å². The molecule has 138 valence electrons. The Kier molecular flexibility index (Phi) is 5.48. The van der Waals surface area contributed by atoms with Crippen molar-refractivity contribution in [3.8, 4) is 17.2 Å². The highest BCUT2D eigenvalue weighted by molar-refractivity contribution is 5.91. The van der Waals surface area contributed by atoms with Gasteiger partial charge in [0, 0.05) is 13.0 Å². The summed E-state index contributed by atoms with van der Waals surface area (Å²) in [5.74, 6) is 1.81. The van der Waals surface area contributed by atoms with E-state index in [9.17, 15) is 9.90 Å². The van der Waals surface area contributed by atoms with Crippen molar-refractivity contribution >= 4 is 11.7 Å². The van der Waals surface area contributed by atoms with Gasteiger partial charge >= 0.3 is 6.03 Å². The van der Waals surface area contributed by atoms with E-state index in [1.807, 2.05) is 12.1 Å². The van der Waals surface area contributed by atoms with Crippen molar-refractivity contribution in [2.45, 2.75) is 12.5 Å². The van der Waals surface area contributed by atoms with Crippen LogP contribution in [-0.4, -0.2) is 38.5 Å². The number of anilines is 1. The fourth-order valence-electron chi connectivity index (χ4n) is 2.87. The molecule has 0 saturated heterocycles. The quantitative estimate of drug-likeness (QED) is 0.738. The lowest BCUT2D eigenvalue weighted by molar-refractivity contribution is 0.175. The Hall–Kier alpha value is -2.93. The summed E-state index contributed by atoms with van der Waals surface area (Å²) in [6, 6.07) is 10.3. The number of ether oxygens (including phenoxy) is 3. The minimum atomic E-state index is -0.807. The van der Waals surface area contributed by atoms with Crippen LogP contribution in [0.15, 0.2) is 36.4 Å². The van der Waals surface area contributed by atoms with E-state index in [1.54, 1.807) is 24.3 Å². The molecule has 7 nitrogen and oxygen atoms in total. The van der Waals surface area contributed by atoms with E-state index in [1.165, 1.54) is 14.2 Å². The molecule has 0 aromatic heterocycles. The minimum Gasteiger partial charge on any atom is -0.493 e. The first-order valence-corrected chi connectivity index (χ1v) is 8.32. The summed E-state index contributed by atoms with van der Waals surface area (Å²) in [5.41, 5.74) is 2.30. The summed E-state index contributed by atoms with van der Waals surface area (Å²) in [5, 5.41) is 15.7. The Morgan fingerprint density at radius 1 is 1.27 bits per heavy atom. The lowest BCUT2D eigenvalue weighted by Gasteiger charge is -2.16. The first-order chi connectivity index (χ1) is 12.6. The number of carbonyl (C=O) groups is 1. The van der Waals surface area contributed by atoms with Gasteiger partial charge in [0.1, 0.15) is 5.75 Å². The average molecular weight is 358 g/mol. The molecule has 1 aliphatic rings. The molecule has 0 spiro atoms. The molecule has 0 unspecified atom stereocenters. The van der Waals surface area contributed by atoms with Crippen LogP contribution in [-0.2, 0) is 6.42 Å². The predicted molar refractivity (Wildman–Crippen MR) is 97.2 cm³/mol. The normalized spacial score (nSPS) is 13.3. The number of carbonyl (C=O) groups excluding carboxylic acids is 1. The van der Waals surface area contributed by atoms with Gasteiger partial charge in [0.25, 0.3) is 0 Å². The Morgan fingerprint density at radius 2 is 2.12 bits per heavy atom. The third kappa shape index (κ3) is 3.83. The zero-order valence-electron chi connectivity index (χ0n) is 14.7. The van der Waals surface area contributed by atoms with Crippen molar-refractivity contribution < 1.29 is 24.1 Å². The average Bonchev–Trinajstić information content (AvgIpc) is 3.13. The van der Waals surface area contributed by atoms with Crippen LogP contribution in [0.5, 0.6) is 17.2 Å². The fourth-order valence-corrected chi connectivity index (χ4v) is 2.87. The van der Waals surface area contributed by atoms with Crippen molar-refractivity contribution in [3.05, 3.63) is 47.5 Å². The monoisotopic (exact) mass is 358 g/mol. The molecule has 1 aliphatic heterocycles. The number of urea groups is 1. The highest BCUT2D eigenvalue weighted by atomic mass is 16.5. The van der Waals surface area contributed by atoms with E-state index in [4.69, 9.17) is 14.2 Å². The molecule has 2 aromatic rings. The second-order valence-electron chi connectivity index (χ2n) is 5.86. The number of methoxy groups -OCH3 is 2. The van der Waals surface area contributed by atoms with Gasteiger partial charge in [-0.2, -0.15) is 0 Å². The van der Waals surface area contributed by atoms with Gasteiger partial charge in [-0.05, 0) is 35.4 Å². The van der Waals surface area contributed by atoms with Crippen molar-refractivity contribution in [2.24, 2.45) is 0 Å². The van der Waals surface area contributed by atoms with Gasteiger partial charge in [0.2, 0.25) is 0 Å². The van der Waals surface area contributed by atoms with Crippen LogP contribution < -0.4 is 24.8 Å². The Bertz CT molecular complexity index is 793. The van der Waals surface area contributed by atoms with Crippen LogP contribution in [0, 0.1) is 0 Å². The SMILES string of the molecule is COc1cccc(NC(=O)NC[C@@H](O)c2ccc3c(c2)CCO3)c1OC. The number of rotatable bonds is 6. The molecule has 0 fully saturated rings. The van der Waals surface area contributed by atoms with Gasteiger partial charge in [-0.15, -0.1) is 0 Å². The van der Waals surface area contributed by atoms with Crippen LogP contribution in [0.1, 0.15) is 17.2 Å². The number of amides is 2. The summed E-state index contributed by atoms with van der Waals surface area (Å²) in [7, 11) is 3.03. The molecule has 0 saturated carbocycles. The maximum atomic E-state index is 12.2. The van der Waals surface area contributed by atoms with Gasteiger partial charge in [-0.1, -0.05) is 12.1 Å². The zero-order chi connectivity index (χ0) is 18.5. The maximum Gasteiger partial charge on any atom is 0.319 e. The number of hydrogen-bond acceptors (Lipinski definition) is 5. The third-order valence-electron chi connectivity index (χ3n) is 4.21. The number of fused-ring (bicyclic) bond motifs is 1. The summed E-state index contributed by atoms with van der Waals surface area (Å²) in [6.07, 6.45) is 0.0262. The summed E-state index contributed by atoms with van der Waals surface area (Å²) in [4.78, 5) is 12.2. The molecular weight excluding hydrogens is 336 g/mol. The van der Waals surface area contributed by atoms with Gasteiger partial charge < -0.3 is 30.0 Å². The number of benzene rings is 2. The molecule has 0 bridgehead atoms. The largest absolute Gasteiger partial charge is 0.493 e. The Labute approximate surface area is 151 Å². The molecule has 1 heterocycles. The number of para-hydroxylation sites is 1. The molecule has 3 N–H and O–H groups in total. The van der Waals surface area contributed by atoms with Crippen molar-refractivity contribution in [1.29, 1.82) is 0 Å². The molecule has 2 amide bonds. The molecule has 0 aliphatic carbocycles. The van der Waals surface area contributed by atoms with Gasteiger partial charge in [0.15, 0.2) is 11.5 Å². The highest BCUT2D eigenvalue weighted by Gasteiger charge is 2.17. The summed E-state index contributed by atoms with van der Waals surface area (Å²) >= 11 is 0. The molecular formula is C19H22N2O5. The molecule has 1 atom stereocenters. The van der Waals surface area contributed by atoms with Crippen LogP contribution in [0.25, 0.3) is 0 Å². The number of aliphatic hydroxyl groups excluding tert-OH is 1. The van der Waals surface area contributed by atoms with Crippen LogP contribution in [0.3, 0.4) is 0 Å². The van der Waals surface area contributed by atoms with Crippen LogP contribution in [0.2, 0.25) is 0 Å². The predicted octanol–water partition coefficient (Wildman–Crippen LogP) is 2.49. The van der Waals surface area contributed by atoms with E-state index in [0.29, 0.717) is 23.8 Å². The Morgan fingerprint density at radius 3 is 2.88 bits per heavy atom. The van der Waals surface area contributed by atoms with Crippen molar-refractivity contribution in [1.82, 2.24) is 5.32 Å².